The van der Waals surface area contributed by atoms with Crippen LogP contribution in [-0.2, 0) is 0 Å². The fourth-order valence-electron chi connectivity index (χ4n) is 2.74. The van der Waals surface area contributed by atoms with Crippen LogP contribution >= 0.6 is 0 Å². The number of methoxy groups -OCH3 is 1. The van der Waals surface area contributed by atoms with Crippen LogP contribution in [0.25, 0.3) is 11.4 Å². The number of nitrogens with one attached hydrogen (secondary N) is 1. The Hall–Kier alpha value is -3.15. The Kier molecular flexibility index (Phi) is 5.54. The van der Waals surface area contributed by atoms with Crippen molar-refractivity contribution >= 4 is 5.91 Å². The predicted octanol–water partition coefficient (Wildman–Crippen LogP) is 4.18. The zero-order valence-corrected chi connectivity index (χ0v) is 15.9. The Morgan fingerprint density at radius 1 is 1.15 bits per heavy atom. The third-order valence-corrected chi connectivity index (χ3v) is 4.29. The first-order valence-electron chi connectivity index (χ1n) is 8.83. The Morgan fingerprint density at radius 3 is 2.52 bits per heavy atom. The minimum absolute atomic E-state index is 0.0860. The number of amides is 1. The summed E-state index contributed by atoms with van der Waals surface area (Å²) in [5, 5.41) is 7.07. The van der Waals surface area contributed by atoms with E-state index in [2.05, 4.69) is 15.5 Å². The van der Waals surface area contributed by atoms with Crippen molar-refractivity contribution in [3.8, 4) is 17.1 Å². The molecule has 1 unspecified atom stereocenters. The first kappa shape index (κ1) is 18.6. The summed E-state index contributed by atoms with van der Waals surface area (Å²) >= 11 is 0. The summed E-state index contributed by atoms with van der Waals surface area (Å²) < 4.78 is 10.6. The van der Waals surface area contributed by atoms with Gasteiger partial charge in [0.2, 0.25) is 11.7 Å². The van der Waals surface area contributed by atoms with Gasteiger partial charge in [0, 0.05) is 11.1 Å². The van der Waals surface area contributed by atoms with Crippen LogP contribution in [0.2, 0.25) is 0 Å². The number of hydrogen-bond donors (Lipinski definition) is 1. The van der Waals surface area contributed by atoms with Gasteiger partial charge in [0.1, 0.15) is 11.8 Å². The van der Waals surface area contributed by atoms with Crippen LogP contribution in [0.3, 0.4) is 0 Å². The monoisotopic (exact) mass is 365 g/mol. The average molecular weight is 365 g/mol. The Morgan fingerprint density at radius 2 is 1.89 bits per heavy atom. The maximum Gasteiger partial charge on any atom is 0.251 e. The zero-order chi connectivity index (χ0) is 19.4. The zero-order valence-electron chi connectivity index (χ0n) is 15.9. The number of hydrogen-bond acceptors (Lipinski definition) is 5. The summed E-state index contributed by atoms with van der Waals surface area (Å²) in [6.07, 6.45) is 0. The van der Waals surface area contributed by atoms with Gasteiger partial charge in [0.05, 0.1) is 7.11 Å². The molecular formula is C21H23N3O3. The van der Waals surface area contributed by atoms with Crippen molar-refractivity contribution in [2.75, 3.05) is 7.11 Å². The van der Waals surface area contributed by atoms with Gasteiger partial charge in [-0.15, -0.1) is 0 Å². The number of aryl methyl sites for hydroxylation is 1. The van der Waals surface area contributed by atoms with Gasteiger partial charge in [-0.1, -0.05) is 36.7 Å². The second-order valence-electron chi connectivity index (χ2n) is 6.75. The lowest BCUT2D eigenvalue weighted by Gasteiger charge is -2.18. The quantitative estimate of drug-likeness (QED) is 0.709. The summed E-state index contributed by atoms with van der Waals surface area (Å²) in [5.74, 6) is 1.54. The van der Waals surface area contributed by atoms with Gasteiger partial charge in [0.15, 0.2) is 0 Å². The molecule has 0 aliphatic heterocycles. The van der Waals surface area contributed by atoms with Gasteiger partial charge < -0.3 is 14.6 Å². The molecule has 0 radical (unpaired) electrons. The van der Waals surface area contributed by atoms with Crippen molar-refractivity contribution in [2.45, 2.75) is 26.8 Å². The largest absolute Gasteiger partial charge is 0.497 e. The maximum absolute atomic E-state index is 12.6. The highest BCUT2D eigenvalue weighted by atomic mass is 16.5. The van der Waals surface area contributed by atoms with Crippen molar-refractivity contribution in [2.24, 2.45) is 5.92 Å². The number of nitrogens with zero attached hydrogens (tertiary/aromatic N) is 2. The molecule has 0 saturated heterocycles. The Balaban J connectivity index is 1.81. The molecular weight excluding hydrogens is 342 g/mol. The van der Waals surface area contributed by atoms with Crippen LogP contribution in [0.5, 0.6) is 5.75 Å². The van der Waals surface area contributed by atoms with E-state index in [0.717, 1.165) is 16.9 Å². The molecule has 2 aromatic carbocycles. The van der Waals surface area contributed by atoms with Crippen LogP contribution in [-0.4, -0.2) is 23.2 Å². The highest BCUT2D eigenvalue weighted by Crippen LogP contribution is 2.25. The molecule has 0 fully saturated rings. The molecule has 1 amide bonds. The normalized spacial score (nSPS) is 12.0. The molecule has 0 saturated carbocycles. The standard InChI is InChI=1S/C21H23N3O3/c1-13(2)18(22-20(25)16-7-5-6-14(3)12-16)21-23-19(24-27-21)15-8-10-17(26-4)11-9-15/h5-13,18H,1-4H3,(H,22,25). The number of benzene rings is 2. The summed E-state index contributed by atoms with van der Waals surface area (Å²) in [7, 11) is 1.62. The molecule has 0 bridgehead atoms. The number of carbonyl (C=O) groups is 1. The molecule has 0 aliphatic rings. The second-order valence-corrected chi connectivity index (χ2v) is 6.75. The third-order valence-electron chi connectivity index (χ3n) is 4.29. The van der Waals surface area contributed by atoms with Gasteiger partial charge in [-0.2, -0.15) is 4.98 Å². The Labute approximate surface area is 158 Å². The molecule has 1 aromatic heterocycles. The van der Waals surface area contributed by atoms with Crippen LogP contribution in [0.15, 0.2) is 53.1 Å². The third kappa shape index (κ3) is 4.34. The molecule has 3 aromatic rings. The van der Waals surface area contributed by atoms with Crippen molar-refractivity contribution in [3.05, 3.63) is 65.5 Å². The molecule has 27 heavy (non-hydrogen) atoms. The average Bonchev–Trinajstić information content (AvgIpc) is 3.15. The Bertz CT molecular complexity index is 916. The molecule has 1 heterocycles. The number of rotatable bonds is 6. The molecule has 140 valence electrons. The minimum atomic E-state index is -0.377. The SMILES string of the molecule is COc1ccc(-c2noc(C(NC(=O)c3cccc(C)c3)C(C)C)n2)cc1. The topological polar surface area (TPSA) is 77.3 Å². The summed E-state index contributed by atoms with van der Waals surface area (Å²) in [6.45, 7) is 5.95. The van der Waals surface area contributed by atoms with Gasteiger partial charge in [-0.25, -0.2) is 0 Å². The van der Waals surface area contributed by atoms with E-state index in [9.17, 15) is 4.79 Å². The van der Waals surface area contributed by atoms with Crippen LogP contribution in [0.1, 0.15) is 41.7 Å². The van der Waals surface area contributed by atoms with Crippen molar-refractivity contribution < 1.29 is 14.1 Å². The van der Waals surface area contributed by atoms with E-state index in [1.165, 1.54) is 0 Å². The van der Waals surface area contributed by atoms with Gasteiger partial charge >= 0.3 is 0 Å². The molecule has 1 atom stereocenters. The lowest BCUT2D eigenvalue weighted by molar-refractivity contribution is 0.0914. The predicted molar refractivity (Wildman–Crippen MR) is 103 cm³/mol. The van der Waals surface area contributed by atoms with Gasteiger partial charge in [0.25, 0.3) is 5.91 Å². The van der Waals surface area contributed by atoms with E-state index in [1.807, 2.05) is 63.2 Å². The number of aromatic nitrogens is 2. The highest BCUT2D eigenvalue weighted by molar-refractivity contribution is 5.94. The van der Waals surface area contributed by atoms with Gasteiger partial charge in [-0.05, 0) is 49.2 Å². The van der Waals surface area contributed by atoms with Gasteiger partial charge in [-0.3, -0.25) is 4.79 Å². The summed E-state index contributed by atoms with van der Waals surface area (Å²) in [6, 6.07) is 14.5. The smallest absolute Gasteiger partial charge is 0.251 e. The van der Waals surface area contributed by atoms with E-state index in [1.54, 1.807) is 13.2 Å². The summed E-state index contributed by atoms with van der Waals surface area (Å²) in [5.41, 5.74) is 2.46. The highest BCUT2D eigenvalue weighted by Gasteiger charge is 2.25. The maximum atomic E-state index is 12.6. The fraction of sp³-hybridized carbons (Fsp3) is 0.286. The first-order chi connectivity index (χ1) is 13.0. The van der Waals surface area contributed by atoms with Crippen LogP contribution in [0, 0.1) is 12.8 Å². The first-order valence-corrected chi connectivity index (χ1v) is 8.83. The molecule has 0 spiro atoms. The fourth-order valence-corrected chi connectivity index (χ4v) is 2.74. The molecule has 1 N–H and O–H groups in total. The molecule has 0 aliphatic carbocycles. The second kappa shape index (κ2) is 8.03. The molecule has 6 heteroatoms. The van der Waals surface area contributed by atoms with Crippen molar-refractivity contribution in [1.82, 2.24) is 15.5 Å². The van der Waals surface area contributed by atoms with E-state index >= 15 is 0 Å². The molecule has 3 rings (SSSR count). The van der Waals surface area contributed by atoms with E-state index < -0.39 is 0 Å². The van der Waals surface area contributed by atoms with E-state index in [0.29, 0.717) is 17.3 Å². The van der Waals surface area contributed by atoms with Crippen molar-refractivity contribution in [3.63, 3.8) is 0 Å². The molecule has 6 nitrogen and oxygen atoms in total. The van der Waals surface area contributed by atoms with Crippen LogP contribution < -0.4 is 10.1 Å². The number of carbonyl (C=O) groups excluding carboxylic acids is 1. The van der Waals surface area contributed by atoms with Crippen molar-refractivity contribution in [1.29, 1.82) is 0 Å². The number of ether oxygens (including phenoxy) is 1. The van der Waals surface area contributed by atoms with E-state index in [4.69, 9.17) is 9.26 Å². The van der Waals surface area contributed by atoms with E-state index in [-0.39, 0.29) is 17.9 Å². The summed E-state index contributed by atoms with van der Waals surface area (Å²) in [4.78, 5) is 17.1. The lowest BCUT2D eigenvalue weighted by Crippen LogP contribution is -2.32. The lowest BCUT2D eigenvalue weighted by atomic mass is 10.0. The minimum Gasteiger partial charge on any atom is -0.497 e. The van der Waals surface area contributed by atoms with Crippen LogP contribution in [0.4, 0.5) is 0 Å².